The van der Waals surface area contributed by atoms with Gasteiger partial charge in [-0.05, 0) is 24.6 Å². The second-order valence-corrected chi connectivity index (χ2v) is 4.54. The SMILES string of the molecule is CCCN(CC(=O)N(C)C)c1ccc(C=O)cc1F. The largest absolute Gasteiger partial charge is 0.360 e. The summed E-state index contributed by atoms with van der Waals surface area (Å²) in [6.45, 7) is 2.67. The van der Waals surface area contributed by atoms with Crippen LogP contribution in [0.5, 0.6) is 0 Å². The lowest BCUT2D eigenvalue weighted by Gasteiger charge is -2.25. The van der Waals surface area contributed by atoms with Crippen molar-refractivity contribution < 1.29 is 14.0 Å². The topological polar surface area (TPSA) is 40.6 Å². The van der Waals surface area contributed by atoms with E-state index in [-0.39, 0.29) is 18.0 Å². The van der Waals surface area contributed by atoms with Crippen LogP contribution in [0.3, 0.4) is 0 Å². The van der Waals surface area contributed by atoms with Crippen LogP contribution in [0, 0.1) is 5.82 Å². The first-order valence-electron chi connectivity index (χ1n) is 6.19. The van der Waals surface area contributed by atoms with E-state index in [2.05, 4.69) is 0 Å². The number of carbonyl (C=O) groups is 2. The predicted molar refractivity (Wildman–Crippen MR) is 73.0 cm³/mol. The minimum Gasteiger partial charge on any atom is -0.360 e. The summed E-state index contributed by atoms with van der Waals surface area (Å²) in [5, 5.41) is 0. The van der Waals surface area contributed by atoms with E-state index in [1.807, 2.05) is 6.92 Å². The maximum absolute atomic E-state index is 13.9. The number of amides is 1. The molecule has 0 spiro atoms. The molecule has 0 N–H and O–H groups in total. The fraction of sp³-hybridized carbons (Fsp3) is 0.429. The van der Waals surface area contributed by atoms with E-state index in [9.17, 15) is 14.0 Å². The first kappa shape index (κ1) is 15.1. The maximum Gasteiger partial charge on any atom is 0.241 e. The summed E-state index contributed by atoms with van der Waals surface area (Å²) in [5.74, 6) is -0.572. The third kappa shape index (κ3) is 4.05. The highest BCUT2D eigenvalue weighted by molar-refractivity contribution is 5.81. The van der Waals surface area contributed by atoms with Crippen molar-refractivity contribution in [1.29, 1.82) is 0 Å². The van der Waals surface area contributed by atoms with Gasteiger partial charge in [-0.1, -0.05) is 6.92 Å². The number of hydrogen-bond donors (Lipinski definition) is 0. The number of rotatable bonds is 6. The molecule has 19 heavy (non-hydrogen) atoms. The Labute approximate surface area is 112 Å². The van der Waals surface area contributed by atoms with Gasteiger partial charge in [0, 0.05) is 26.2 Å². The lowest BCUT2D eigenvalue weighted by atomic mass is 10.2. The minimum atomic E-state index is -0.482. The molecule has 0 unspecified atom stereocenters. The van der Waals surface area contributed by atoms with E-state index in [0.29, 0.717) is 18.5 Å². The summed E-state index contributed by atoms with van der Waals surface area (Å²) in [4.78, 5) is 25.5. The normalized spacial score (nSPS) is 10.1. The van der Waals surface area contributed by atoms with Gasteiger partial charge in [0.2, 0.25) is 5.91 Å². The molecule has 0 aromatic heterocycles. The van der Waals surface area contributed by atoms with Gasteiger partial charge in [-0.15, -0.1) is 0 Å². The number of aldehydes is 1. The maximum atomic E-state index is 13.9. The summed E-state index contributed by atoms with van der Waals surface area (Å²) in [6.07, 6.45) is 1.40. The first-order chi connectivity index (χ1) is 8.99. The third-order valence-corrected chi connectivity index (χ3v) is 2.77. The van der Waals surface area contributed by atoms with Crippen LogP contribution in [-0.2, 0) is 4.79 Å². The molecule has 1 aromatic carbocycles. The highest BCUT2D eigenvalue weighted by Crippen LogP contribution is 2.20. The summed E-state index contributed by atoms with van der Waals surface area (Å²) in [6, 6.07) is 4.27. The van der Waals surface area contributed by atoms with Crippen LogP contribution in [-0.4, -0.2) is 44.3 Å². The van der Waals surface area contributed by atoms with Gasteiger partial charge >= 0.3 is 0 Å². The molecular formula is C14H19FN2O2. The van der Waals surface area contributed by atoms with Gasteiger partial charge in [0.05, 0.1) is 12.2 Å². The highest BCUT2D eigenvalue weighted by Gasteiger charge is 2.16. The fourth-order valence-electron chi connectivity index (χ4n) is 1.71. The Bertz CT molecular complexity index is 461. The van der Waals surface area contributed by atoms with Crippen molar-refractivity contribution in [1.82, 2.24) is 4.90 Å². The van der Waals surface area contributed by atoms with Gasteiger partial charge in [0.25, 0.3) is 0 Å². The molecule has 0 atom stereocenters. The van der Waals surface area contributed by atoms with Crippen molar-refractivity contribution in [2.45, 2.75) is 13.3 Å². The molecule has 0 saturated heterocycles. The summed E-state index contributed by atoms with van der Waals surface area (Å²) in [5.41, 5.74) is 0.638. The zero-order chi connectivity index (χ0) is 14.4. The molecule has 4 nitrogen and oxygen atoms in total. The molecule has 0 aliphatic carbocycles. The number of carbonyl (C=O) groups excluding carboxylic acids is 2. The van der Waals surface area contributed by atoms with Gasteiger partial charge in [-0.2, -0.15) is 0 Å². The average molecular weight is 266 g/mol. The minimum absolute atomic E-state index is 0.0905. The molecule has 1 rings (SSSR count). The molecule has 104 valence electrons. The molecule has 0 fully saturated rings. The van der Waals surface area contributed by atoms with E-state index in [1.54, 1.807) is 25.1 Å². The third-order valence-electron chi connectivity index (χ3n) is 2.77. The number of benzene rings is 1. The van der Waals surface area contributed by atoms with E-state index >= 15 is 0 Å². The van der Waals surface area contributed by atoms with Crippen molar-refractivity contribution in [3.05, 3.63) is 29.6 Å². The van der Waals surface area contributed by atoms with Crippen molar-refractivity contribution in [3.63, 3.8) is 0 Å². The first-order valence-corrected chi connectivity index (χ1v) is 6.19. The average Bonchev–Trinajstić information content (AvgIpc) is 2.37. The van der Waals surface area contributed by atoms with Crippen LogP contribution in [0.1, 0.15) is 23.7 Å². The Balaban J connectivity index is 2.98. The standard InChI is InChI=1S/C14H19FN2O2/c1-4-7-17(9-14(19)16(2)3)13-6-5-11(10-18)8-12(13)15/h5-6,8,10H,4,7,9H2,1-3H3. The molecule has 0 bridgehead atoms. The quantitative estimate of drug-likeness (QED) is 0.739. The monoisotopic (exact) mass is 266 g/mol. The highest BCUT2D eigenvalue weighted by atomic mass is 19.1. The second-order valence-electron chi connectivity index (χ2n) is 4.54. The zero-order valence-corrected chi connectivity index (χ0v) is 11.5. The lowest BCUT2D eigenvalue weighted by molar-refractivity contribution is -0.127. The molecule has 0 aliphatic rings. The van der Waals surface area contributed by atoms with Crippen molar-refractivity contribution in [2.24, 2.45) is 0 Å². The molecule has 0 heterocycles. The number of halogens is 1. The van der Waals surface area contributed by atoms with Gasteiger partial charge < -0.3 is 9.80 Å². The Hall–Kier alpha value is -1.91. The molecular weight excluding hydrogens is 247 g/mol. The predicted octanol–water partition coefficient (Wildman–Crippen LogP) is 1.94. The van der Waals surface area contributed by atoms with Crippen LogP contribution in [0.15, 0.2) is 18.2 Å². The van der Waals surface area contributed by atoms with Crippen molar-refractivity contribution in [2.75, 3.05) is 32.1 Å². The van der Waals surface area contributed by atoms with Crippen LogP contribution in [0.25, 0.3) is 0 Å². The Kier molecular flexibility index (Phi) is 5.48. The molecule has 1 aromatic rings. The van der Waals surface area contributed by atoms with Gasteiger partial charge in [0.1, 0.15) is 12.1 Å². The molecule has 5 heteroatoms. The van der Waals surface area contributed by atoms with Gasteiger partial charge in [0.15, 0.2) is 0 Å². The molecule has 1 amide bonds. The Morgan fingerprint density at radius 1 is 1.37 bits per heavy atom. The summed E-state index contributed by atoms with van der Waals surface area (Å²) in [7, 11) is 3.33. The van der Waals surface area contributed by atoms with Crippen molar-refractivity contribution >= 4 is 17.9 Å². The lowest BCUT2D eigenvalue weighted by Crippen LogP contribution is -2.37. The zero-order valence-electron chi connectivity index (χ0n) is 11.5. The van der Waals surface area contributed by atoms with E-state index in [0.717, 1.165) is 6.42 Å². The number of likely N-dealkylation sites (N-methyl/N-ethyl adjacent to an activating group) is 1. The molecule has 0 aliphatic heterocycles. The van der Waals surface area contributed by atoms with E-state index in [4.69, 9.17) is 0 Å². The molecule has 0 saturated carbocycles. The van der Waals surface area contributed by atoms with Crippen LogP contribution in [0.2, 0.25) is 0 Å². The number of nitrogens with zero attached hydrogens (tertiary/aromatic N) is 2. The summed E-state index contributed by atoms with van der Waals surface area (Å²) >= 11 is 0. The van der Waals surface area contributed by atoms with Crippen LogP contribution >= 0.6 is 0 Å². The Morgan fingerprint density at radius 3 is 2.53 bits per heavy atom. The second kappa shape index (κ2) is 6.87. The summed E-state index contributed by atoms with van der Waals surface area (Å²) < 4.78 is 13.9. The van der Waals surface area contributed by atoms with Gasteiger partial charge in [-0.25, -0.2) is 4.39 Å². The number of anilines is 1. The van der Waals surface area contributed by atoms with E-state index < -0.39 is 5.82 Å². The smallest absolute Gasteiger partial charge is 0.241 e. The van der Waals surface area contributed by atoms with Crippen LogP contribution in [0.4, 0.5) is 10.1 Å². The number of hydrogen-bond acceptors (Lipinski definition) is 3. The van der Waals surface area contributed by atoms with Crippen molar-refractivity contribution in [3.8, 4) is 0 Å². The van der Waals surface area contributed by atoms with E-state index in [1.165, 1.54) is 17.0 Å². The molecule has 0 radical (unpaired) electrons. The fourth-order valence-corrected chi connectivity index (χ4v) is 1.71. The van der Waals surface area contributed by atoms with Crippen LogP contribution < -0.4 is 4.90 Å². The van der Waals surface area contributed by atoms with Gasteiger partial charge in [-0.3, -0.25) is 9.59 Å². The Morgan fingerprint density at radius 2 is 2.05 bits per heavy atom.